The van der Waals surface area contributed by atoms with E-state index in [1.54, 1.807) is 0 Å². The van der Waals surface area contributed by atoms with Crippen molar-refractivity contribution in [2.45, 2.75) is 166 Å². The minimum absolute atomic E-state index is 0.0598. The lowest BCUT2D eigenvalue weighted by atomic mass is 9.43. The van der Waals surface area contributed by atoms with Gasteiger partial charge in [0.2, 0.25) is 0 Å². The molecule has 6 rings (SSSR count). The summed E-state index contributed by atoms with van der Waals surface area (Å²) in [6.45, 7) is 10.6. The molecule has 4 saturated carbocycles. The van der Waals surface area contributed by atoms with Crippen LogP contribution in [-0.2, 0) is 28.4 Å². The fourth-order valence-electron chi connectivity index (χ4n) is 12.3. The predicted molar refractivity (Wildman–Crippen MR) is 187 cm³/mol. The van der Waals surface area contributed by atoms with Crippen molar-refractivity contribution >= 4 is 0 Å². The number of fused-ring (bicyclic) bond motifs is 5. The first-order chi connectivity index (χ1) is 24.6. The molecule has 0 spiro atoms. The Hall–Kier alpha value is -0.520. The minimum atomic E-state index is -1.20. The van der Waals surface area contributed by atoms with Gasteiger partial charge in [0, 0.05) is 20.1 Å². The lowest BCUT2D eigenvalue weighted by Crippen LogP contribution is -2.63. The van der Waals surface area contributed by atoms with Crippen LogP contribution in [-0.4, -0.2) is 143 Å². The van der Waals surface area contributed by atoms with E-state index in [9.17, 15) is 35.7 Å². The molecule has 0 bridgehead atoms. The Morgan fingerprint density at radius 2 is 1.44 bits per heavy atom. The summed E-state index contributed by atoms with van der Waals surface area (Å²) >= 11 is 0. The highest BCUT2D eigenvalue weighted by Gasteiger charge is 2.66. The van der Waals surface area contributed by atoms with E-state index < -0.39 is 80.2 Å². The lowest BCUT2D eigenvalue weighted by molar-refractivity contribution is -0.313. The van der Waals surface area contributed by atoms with Gasteiger partial charge in [-0.1, -0.05) is 34.6 Å². The highest BCUT2D eigenvalue weighted by atomic mass is 16.8. The number of aliphatic hydroxyl groups is 7. The van der Waals surface area contributed by atoms with E-state index in [-0.39, 0.29) is 65.0 Å². The first kappa shape index (κ1) is 41.1. The minimum Gasteiger partial charge on any atom is -0.394 e. The van der Waals surface area contributed by atoms with Crippen LogP contribution >= 0.6 is 0 Å². The smallest absolute Gasteiger partial charge is 0.187 e. The third kappa shape index (κ3) is 7.16. The Bertz CT molecular complexity index is 1180. The van der Waals surface area contributed by atoms with Gasteiger partial charge in [-0.15, -0.1) is 0 Å². The third-order valence-electron chi connectivity index (χ3n) is 15.2. The Morgan fingerprint density at radius 3 is 2.10 bits per heavy atom. The Balaban J connectivity index is 1.12. The van der Waals surface area contributed by atoms with Crippen LogP contribution in [0.2, 0.25) is 0 Å². The lowest BCUT2D eigenvalue weighted by Gasteiger charge is -2.63. The van der Waals surface area contributed by atoms with Gasteiger partial charge in [-0.05, 0) is 97.7 Å². The molecule has 0 aromatic heterocycles. The van der Waals surface area contributed by atoms with E-state index in [1.165, 1.54) is 14.2 Å². The molecule has 13 nitrogen and oxygen atoms in total. The Kier molecular flexibility index (Phi) is 12.8. The summed E-state index contributed by atoms with van der Waals surface area (Å²) in [5.41, 5.74) is -0.375. The van der Waals surface area contributed by atoms with Crippen molar-refractivity contribution in [3.05, 3.63) is 0 Å². The van der Waals surface area contributed by atoms with Gasteiger partial charge in [0.05, 0.1) is 43.7 Å². The van der Waals surface area contributed by atoms with Crippen LogP contribution in [0.3, 0.4) is 0 Å². The average Bonchev–Trinajstić information content (AvgIpc) is 3.55. The van der Waals surface area contributed by atoms with Gasteiger partial charge in [0.25, 0.3) is 0 Å². The van der Waals surface area contributed by atoms with E-state index in [0.717, 1.165) is 25.7 Å². The van der Waals surface area contributed by atoms with Crippen LogP contribution < -0.4 is 0 Å². The maximum atomic E-state index is 11.8. The largest absolute Gasteiger partial charge is 0.394 e. The molecular formula is C39H68O13. The molecule has 2 saturated heterocycles. The van der Waals surface area contributed by atoms with E-state index in [1.807, 2.05) is 0 Å². The molecule has 0 aromatic rings. The fraction of sp³-hybridized carbons (Fsp3) is 1.00. The monoisotopic (exact) mass is 744 g/mol. The second-order valence-electron chi connectivity index (χ2n) is 18.1. The quantitative estimate of drug-likeness (QED) is 0.152. The van der Waals surface area contributed by atoms with Gasteiger partial charge in [-0.2, -0.15) is 0 Å². The van der Waals surface area contributed by atoms with Crippen LogP contribution in [0.15, 0.2) is 0 Å². The van der Waals surface area contributed by atoms with Crippen molar-refractivity contribution in [1.82, 2.24) is 0 Å². The molecule has 13 heteroatoms. The molecule has 7 N–H and O–H groups in total. The van der Waals surface area contributed by atoms with Gasteiger partial charge in [-0.25, -0.2) is 0 Å². The van der Waals surface area contributed by atoms with Crippen LogP contribution in [0, 0.1) is 52.3 Å². The molecule has 0 amide bonds. The third-order valence-corrected chi connectivity index (χ3v) is 15.2. The number of aliphatic hydroxyl groups excluding tert-OH is 7. The zero-order valence-corrected chi connectivity index (χ0v) is 32.2. The van der Waals surface area contributed by atoms with Crippen molar-refractivity contribution in [2.75, 3.05) is 27.4 Å². The summed E-state index contributed by atoms with van der Waals surface area (Å²) in [7, 11) is 2.92. The molecule has 0 radical (unpaired) electrons. The zero-order valence-electron chi connectivity index (χ0n) is 32.2. The van der Waals surface area contributed by atoms with E-state index in [4.69, 9.17) is 28.4 Å². The topological polar surface area (TPSA) is 197 Å². The Morgan fingerprint density at radius 1 is 0.750 bits per heavy atom. The Labute approximate surface area is 309 Å². The summed E-state index contributed by atoms with van der Waals surface area (Å²) < 4.78 is 35.4. The maximum Gasteiger partial charge on any atom is 0.187 e. The molecule has 52 heavy (non-hydrogen) atoms. The highest BCUT2D eigenvalue weighted by Crippen LogP contribution is 2.68. The van der Waals surface area contributed by atoms with Gasteiger partial charge in [-0.3, -0.25) is 0 Å². The van der Waals surface area contributed by atoms with Gasteiger partial charge < -0.3 is 64.2 Å². The zero-order chi connectivity index (χ0) is 37.9. The number of hydrogen-bond acceptors (Lipinski definition) is 13. The van der Waals surface area contributed by atoms with Crippen molar-refractivity contribution in [1.29, 1.82) is 0 Å². The van der Waals surface area contributed by atoms with Crippen LogP contribution in [0.25, 0.3) is 0 Å². The SMILES string of the molecule is COC1C(O)[C@H](OC)CO[C@@H]1OC1C(O)[C@@H](CO)O[C@H]1O[C@@H](CCC(C)C1C[C@@H](O)C2C3CC(O)C4[C@@H](O)[C@@H](O)CC[C@]4(C)C3CC[C@]12C)C(C)C. The number of rotatable bonds is 12. The van der Waals surface area contributed by atoms with Gasteiger partial charge >= 0.3 is 0 Å². The van der Waals surface area contributed by atoms with E-state index in [2.05, 4.69) is 34.6 Å². The predicted octanol–water partition coefficient (Wildman–Crippen LogP) is 1.59. The highest BCUT2D eigenvalue weighted by molar-refractivity contribution is 5.14. The van der Waals surface area contributed by atoms with Crippen LogP contribution in [0.5, 0.6) is 0 Å². The van der Waals surface area contributed by atoms with Crippen molar-refractivity contribution in [3.8, 4) is 0 Å². The van der Waals surface area contributed by atoms with Crippen molar-refractivity contribution < 1.29 is 64.2 Å². The summed E-state index contributed by atoms with van der Waals surface area (Å²) in [4.78, 5) is 0. The summed E-state index contributed by atoms with van der Waals surface area (Å²) in [6.07, 6.45) is -4.75. The summed E-state index contributed by atoms with van der Waals surface area (Å²) in [6, 6.07) is 0. The van der Waals surface area contributed by atoms with Crippen molar-refractivity contribution in [3.63, 3.8) is 0 Å². The summed E-state index contributed by atoms with van der Waals surface area (Å²) in [5, 5.41) is 76.5. The van der Waals surface area contributed by atoms with E-state index >= 15 is 0 Å². The molecule has 4 aliphatic carbocycles. The molecule has 2 heterocycles. The molecule has 21 atom stereocenters. The molecule has 0 aromatic carbocycles. The number of hydrogen-bond donors (Lipinski definition) is 7. The van der Waals surface area contributed by atoms with E-state index in [0.29, 0.717) is 25.7 Å². The number of methoxy groups -OCH3 is 2. The maximum absolute atomic E-state index is 11.8. The number of ether oxygens (including phenoxy) is 6. The molecule has 302 valence electrons. The van der Waals surface area contributed by atoms with Crippen molar-refractivity contribution in [2.24, 2.45) is 52.3 Å². The first-order valence-electron chi connectivity index (χ1n) is 19.9. The average molecular weight is 745 g/mol. The second-order valence-corrected chi connectivity index (χ2v) is 18.1. The van der Waals surface area contributed by atoms with Crippen LogP contribution in [0.4, 0.5) is 0 Å². The normalized spacial score (nSPS) is 51.9. The fourth-order valence-corrected chi connectivity index (χ4v) is 12.3. The molecule has 2 aliphatic heterocycles. The molecule has 6 aliphatic rings. The second kappa shape index (κ2) is 16.1. The molecular weight excluding hydrogens is 676 g/mol. The standard InChI is InChI=1S/C39H68O13/c1-18(2)26(50-37-35(32(45)27(16-40)51-37)52-36-34(48-7)33(46)28(47-6)17-49-36)9-8-19(3)22-15-25(43)29-20-14-24(42)30-31(44)23(41)11-13-38(30,4)21(20)10-12-39(22,29)5/h18-37,40-46H,8-17H2,1-7H3/t19?,20?,21?,22?,23-,24?,25+,26-,27+,28+,29?,30?,31-,32?,33?,34?,35?,36+,37+,38+,39+/m0/s1. The molecule has 6 fully saturated rings. The van der Waals surface area contributed by atoms with Gasteiger partial charge in [0.1, 0.15) is 36.6 Å². The molecule has 11 unspecified atom stereocenters. The summed E-state index contributed by atoms with van der Waals surface area (Å²) in [5.74, 6) is 0.797. The first-order valence-corrected chi connectivity index (χ1v) is 19.9. The van der Waals surface area contributed by atoms with Crippen LogP contribution in [0.1, 0.15) is 86.0 Å². The van der Waals surface area contributed by atoms with Gasteiger partial charge in [0.15, 0.2) is 12.6 Å².